The summed E-state index contributed by atoms with van der Waals surface area (Å²) in [5.41, 5.74) is 0. The van der Waals surface area contributed by atoms with E-state index in [-0.39, 0.29) is 18.9 Å². The fourth-order valence-corrected chi connectivity index (χ4v) is 10.2. The van der Waals surface area contributed by atoms with Crippen LogP contribution < -0.4 is 10.2 Å². The van der Waals surface area contributed by atoms with Crippen LogP contribution in [0.25, 0.3) is 0 Å². The summed E-state index contributed by atoms with van der Waals surface area (Å²) in [6.07, 6.45) is 90.7. The molecule has 0 radical (unpaired) electrons. The lowest BCUT2D eigenvalue weighted by molar-refractivity contribution is -0.870. The molecular formula is C72H129N2O6P. The Bertz CT molecular complexity index is 1690. The second-order valence-corrected chi connectivity index (χ2v) is 25.2. The van der Waals surface area contributed by atoms with Crippen molar-refractivity contribution in [2.45, 2.75) is 302 Å². The van der Waals surface area contributed by atoms with Gasteiger partial charge in [0.05, 0.1) is 39.9 Å². The lowest BCUT2D eigenvalue weighted by atomic mass is 10.0. The van der Waals surface area contributed by atoms with Crippen LogP contribution in [-0.4, -0.2) is 68.5 Å². The van der Waals surface area contributed by atoms with Crippen molar-refractivity contribution in [2.75, 3.05) is 40.9 Å². The van der Waals surface area contributed by atoms with Crippen LogP contribution in [-0.2, 0) is 18.4 Å². The van der Waals surface area contributed by atoms with Gasteiger partial charge in [-0.3, -0.25) is 9.36 Å². The summed E-state index contributed by atoms with van der Waals surface area (Å²) in [7, 11) is 1.22. The number of nitrogens with zero attached hydrogens (tertiary/aromatic N) is 1. The molecule has 0 aliphatic rings. The van der Waals surface area contributed by atoms with Crippen LogP contribution in [0.4, 0.5) is 0 Å². The summed E-state index contributed by atoms with van der Waals surface area (Å²) in [4.78, 5) is 25.6. The molecule has 1 amide bonds. The summed E-state index contributed by atoms with van der Waals surface area (Å²) < 4.78 is 23.4. The van der Waals surface area contributed by atoms with Crippen molar-refractivity contribution in [1.82, 2.24) is 5.32 Å². The Morgan fingerprint density at radius 2 is 0.753 bits per heavy atom. The molecule has 0 heterocycles. The Balaban J connectivity index is 4.20. The second-order valence-electron chi connectivity index (χ2n) is 23.8. The Hall–Kier alpha value is -2.84. The summed E-state index contributed by atoms with van der Waals surface area (Å²) in [5.74, 6) is -0.241. The van der Waals surface area contributed by atoms with Crippen LogP contribution >= 0.6 is 7.82 Å². The number of aliphatic hydroxyl groups excluding tert-OH is 1. The maximum atomic E-state index is 13.0. The molecule has 0 aromatic heterocycles. The maximum Gasteiger partial charge on any atom is 0.268 e. The number of quaternary nitrogens is 1. The number of hydrogen-bond acceptors (Lipinski definition) is 6. The minimum Gasteiger partial charge on any atom is -0.756 e. The van der Waals surface area contributed by atoms with E-state index in [1.807, 2.05) is 27.2 Å². The van der Waals surface area contributed by atoms with Gasteiger partial charge in [-0.25, -0.2) is 0 Å². The molecule has 0 saturated carbocycles. The zero-order chi connectivity index (χ0) is 59.1. The quantitative estimate of drug-likeness (QED) is 0.0272. The van der Waals surface area contributed by atoms with E-state index in [4.69, 9.17) is 9.05 Å². The largest absolute Gasteiger partial charge is 0.756 e. The minimum atomic E-state index is -4.62. The lowest BCUT2D eigenvalue weighted by Crippen LogP contribution is -2.45. The molecule has 0 spiro atoms. The number of aliphatic hydroxyl groups is 1. The van der Waals surface area contributed by atoms with Crippen molar-refractivity contribution in [3.63, 3.8) is 0 Å². The second kappa shape index (κ2) is 61.7. The first kappa shape index (κ1) is 78.2. The van der Waals surface area contributed by atoms with Gasteiger partial charge in [-0.15, -0.1) is 0 Å². The van der Waals surface area contributed by atoms with Crippen molar-refractivity contribution in [3.05, 3.63) is 109 Å². The van der Waals surface area contributed by atoms with Crippen LogP contribution in [0.3, 0.4) is 0 Å². The fourth-order valence-electron chi connectivity index (χ4n) is 9.52. The summed E-state index contributed by atoms with van der Waals surface area (Å²) in [6, 6.07) is -0.920. The van der Waals surface area contributed by atoms with Gasteiger partial charge in [-0.1, -0.05) is 309 Å². The van der Waals surface area contributed by atoms with Crippen LogP contribution in [0.15, 0.2) is 109 Å². The van der Waals surface area contributed by atoms with Crippen molar-refractivity contribution < 1.29 is 32.9 Å². The summed E-state index contributed by atoms with van der Waals surface area (Å²) >= 11 is 0. The number of nitrogens with one attached hydrogen (secondary N) is 1. The predicted molar refractivity (Wildman–Crippen MR) is 352 cm³/mol. The first-order chi connectivity index (χ1) is 39.5. The highest BCUT2D eigenvalue weighted by Gasteiger charge is 2.23. The smallest absolute Gasteiger partial charge is 0.268 e. The van der Waals surface area contributed by atoms with Gasteiger partial charge in [0.25, 0.3) is 7.82 Å². The average Bonchev–Trinajstić information content (AvgIpc) is 3.43. The number of amides is 1. The Kier molecular flexibility index (Phi) is 59.5. The Morgan fingerprint density at radius 1 is 0.444 bits per heavy atom. The van der Waals surface area contributed by atoms with Gasteiger partial charge in [0.2, 0.25) is 5.91 Å². The number of carbonyl (C=O) groups excluding carboxylic acids is 1. The lowest BCUT2D eigenvalue weighted by Gasteiger charge is -2.29. The van der Waals surface area contributed by atoms with E-state index in [0.717, 1.165) is 83.5 Å². The third-order valence-electron chi connectivity index (χ3n) is 14.7. The third-order valence-corrected chi connectivity index (χ3v) is 15.7. The number of phosphoric ester groups is 1. The van der Waals surface area contributed by atoms with Gasteiger partial charge < -0.3 is 28.8 Å². The Labute approximate surface area is 501 Å². The molecule has 8 nitrogen and oxygen atoms in total. The van der Waals surface area contributed by atoms with Crippen molar-refractivity contribution in [2.24, 2.45) is 0 Å². The number of likely N-dealkylation sites (N-methyl/N-ethyl adjacent to an activating group) is 1. The van der Waals surface area contributed by atoms with Crippen LogP contribution in [0.5, 0.6) is 0 Å². The first-order valence-corrected chi connectivity index (χ1v) is 35.2. The van der Waals surface area contributed by atoms with Crippen LogP contribution in [0, 0.1) is 0 Å². The van der Waals surface area contributed by atoms with Crippen molar-refractivity contribution >= 4 is 13.7 Å². The fraction of sp³-hybridized carbons (Fsp3) is 0.736. The van der Waals surface area contributed by atoms with Crippen molar-refractivity contribution in [3.8, 4) is 0 Å². The number of hydrogen-bond donors (Lipinski definition) is 2. The van der Waals surface area contributed by atoms with E-state index in [2.05, 4.69) is 116 Å². The topological polar surface area (TPSA) is 108 Å². The molecule has 0 saturated heterocycles. The molecule has 0 aliphatic heterocycles. The maximum absolute atomic E-state index is 13.0. The summed E-state index contributed by atoms with van der Waals surface area (Å²) in [6.45, 7) is 4.52. The monoisotopic (exact) mass is 1150 g/mol. The van der Waals surface area contributed by atoms with Gasteiger partial charge >= 0.3 is 0 Å². The van der Waals surface area contributed by atoms with E-state index < -0.39 is 26.6 Å². The molecule has 0 fully saturated rings. The predicted octanol–water partition coefficient (Wildman–Crippen LogP) is 20.9. The Morgan fingerprint density at radius 3 is 1.10 bits per heavy atom. The number of rotatable bonds is 61. The first-order valence-electron chi connectivity index (χ1n) is 33.7. The van der Waals surface area contributed by atoms with Gasteiger partial charge in [0.1, 0.15) is 13.2 Å². The molecular weight excluding hydrogens is 1020 g/mol. The van der Waals surface area contributed by atoms with E-state index in [1.165, 1.54) is 180 Å². The van der Waals surface area contributed by atoms with Crippen molar-refractivity contribution in [1.29, 1.82) is 0 Å². The number of unbranched alkanes of at least 4 members (excludes halogenated alkanes) is 32. The van der Waals surface area contributed by atoms with Gasteiger partial charge in [0.15, 0.2) is 0 Å². The standard InChI is InChI=1S/C72H129N2O6P/c1-6-8-10-12-14-16-18-20-22-24-26-28-30-32-34-35-36-37-38-40-41-43-45-47-49-51-53-55-57-59-61-63-65-71(75)70(69-80-81(77,78)79-68-67-74(3,4)5)73-72(76)66-64-62-60-58-56-54-52-50-48-46-44-42-39-33-31-29-27-25-23-21-19-17-15-13-11-9-7-2/h9,11,15,17,21,23,27,29,33,39,44,46,50,52,56,58,63,65,70-71,75H,6-8,10,12-14,16,18-20,22,24-26,28,30-32,34-38,40-43,45,47-49,51,53-55,57,59-62,64,66-69H2,1-5H3,(H-,73,76,77,78)/b11-9-,17-15-,23-21-,29-27-,39-33-,46-44-,52-50-,58-56-,65-63+. The molecule has 81 heavy (non-hydrogen) atoms. The molecule has 9 heteroatoms. The summed E-state index contributed by atoms with van der Waals surface area (Å²) in [5, 5.41) is 13.9. The molecule has 3 atom stereocenters. The zero-order valence-corrected chi connectivity index (χ0v) is 54.4. The van der Waals surface area contributed by atoms with E-state index in [0.29, 0.717) is 17.4 Å². The molecule has 0 bridgehead atoms. The van der Waals surface area contributed by atoms with Crippen LogP contribution in [0.2, 0.25) is 0 Å². The highest BCUT2D eigenvalue weighted by molar-refractivity contribution is 7.45. The van der Waals surface area contributed by atoms with Gasteiger partial charge in [-0.05, 0) is 83.5 Å². The molecule has 468 valence electrons. The number of allylic oxidation sites excluding steroid dienone is 17. The molecule has 0 aromatic carbocycles. The molecule has 0 aromatic rings. The highest BCUT2D eigenvalue weighted by Crippen LogP contribution is 2.38. The molecule has 2 N–H and O–H groups in total. The molecule has 0 aliphatic carbocycles. The normalized spacial score (nSPS) is 14.4. The zero-order valence-electron chi connectivity index (χ0n) is 53.5. The van der Waals surface area contributed by atoms with Gasteiger partial charge in [0, 0.05) is 6.42 Å². The van der Waals surface area contributed by atoms with Gasteiger partial charge in [-0.2, -0.15) is 0 Å². The van der Waals surface area contributed by atoms with E-state index in [1.54, 1.807) is 6.08 Å². The third kappa shape index (κ3) is 64.6. The minimum absolute atomic E-state index is 0.0154. The highest BCUT2D eigenvalue weighted by atomic mass is 31.2. The average molecular weight is 1150 g/mol. The van der Waals surface area contributed by atoms with Crippen LogP contribution in [0.1, 0.15) is 290 Å². The SMILES string of the molecule is CC/C=C\C/C=C\C/C=C\C/C=C\C/C=C\C/C=C\C/C=C\C/C=C\CCCCC(=O)NC(COP(=O)([O-])OCC[N+](C)(C)C)C(O)/C=C/CCCCCCCCCCCCCCCCCCCCCCCCCCCCCCCC. The molecule has 0 rings (SSSR count). The van der Waals surface area contributed by atoms with E-state index >= 15 is 0 Å². The number of carbonyl (C=O) groups is 1. The molecule has 3 unspecified atom stereocenters. The number of phosphoric acid groups is 1. The van der Waals surface area contributed by atoms with E-state index in [9.17, 15) is 19.4 Å².